The Morgan fingerprint density at radius 2 is 2.06 bits per heavy atom. The lowest BCUT2D eigenvalue weighted by atomic mass is 10.0. The Morgan fingerprint density at radius 1 is 1.35 bits per heavy atom. The van der Waals surface area contributed by atoms with E-state index in [1.54, 1.807) is 19.8 Å². The Labute approximate surface area is 105 Å². The Morgan fingerprint density at radius 3 is 2.53 bits per heavy atom. The van der Waals surface area contributed by atoms with Gasteiger partial charge in [0.2, 0.25) is 0 Å². The van der Waals surface area contributed by atoms with Crippen LogP contribution in [0.5, 0.6) is 0 Å². The van der Waals surface area contributed by atoms with Gasteiger partial charge in [-0.3, -0.25) is 4.90 Å². The van der Waals surface area contributed by atoms with Crippen LogP contribution in [0.25, 0.3) is 0 Å². The van der Waals surface area contributed by atoms with Crippen LogP contribution in [0.15, 0.2) is 11.1 Å². The highest BCUT2D eigenvalue weighted by atomic mass is 16.5. The van der Waals surface area contributed by atoms with Gasteiger partial charge in [-0.2, -0.15) is 0 Å². The number of hydrogen-bond acceptors (Lipinski definition) is 4. The van der Waals surface area contributed by atoms with Crippen molar-refractivity contribution >= 4 is 0 Å². The molecule has 1 atom stereocenters. The third kappa shape index (κ3) is 4.76. The molecule has 0 aliphatic carbocycles. The van der Waals surface area contributed by atoms with Crippen LogP contribution in [0.4, 0.5) is 0 Å². The maximum atomic E-state index is 5.24. The Hall–Kier alpha value is -0.420. The van der Waals surface area contributed by atoms with Crippen molar-refractivity contribution in [3.63, 3.8) is 0 Å². The molecule has 1 heterocycles. The molecule has 0 saturated carbocycles. The molecule has 100 valence electrons. The van der Waals surface area contributed by atoms with E-state index in [-0.39, 0.29) is 0 Å². The maximum Gasteiger partial charge on any atom is 0.0615 e. The van der Waals surface area contributed by atoms with Gasteiger partial charge in [0.1, 0.15) is 0 Å². The molecule has 0 aromatic heterocycles. The summed E-state index contributed by atoms with van der Waals surface area (Å²) in [7, 11) is 3.51. The van der Waals surface area contributed by atoms with Crippen molar-refractivity contribution in [2.75, 3.05) is 53.6 Å². The summed E-state index contributed by atoms with van der Waals surface area (Å²) < 4.78 is 10.4. The van der Waals surface area contributed by atoms with E-state index in [0.29, 0.717) is 6.04 Å². The van der Waals surface area contributed by atoms with Gasteiger partial charge in [0, 0.05) is 46.4 Å². The van der Waals surface area contributed by atoms with Crippen LogP contribution in [-0.2, 0) is 9.47 Å². The second-order valence-corrected chi connectivity index (χ2v) is 4.76. The van der Waals surface area contributed by atoms with Gasteiger partial charge in [0.15, 0.2) is 0 Å². The molecule has 0 radical (unpaired) electrons. The molecule has 0 amide bonds. The summed E-state index contributed by atoms with van der Waals surface area (Å²) in [5, 5.41) is 3.29. The first kappa shape index (κ1) is 14.6. The van der Waals surface area contributed by atoms with E-state index in [2.05, 4.69) is 24.1 Å². The molecule has 0 aromatic rings. The number of nitrogens with zero attached hydrogens (tertiary/aromatic N) is 1. The van der Waals surface area contributed by atoms with Crippen molar-refractivity contribution < 1.29 is 9.47 Å². The smallest absolute Gasteiger partial charge is 0.0615 e. The number of methoxy groups -OCH3 is 2. The zero-order valence-corrected chi connectivity index (χ0v) is 11.6. The molecule has 4 heteroatoms. The molecular weight excluding hydrogens is 216 g/mol. The molecule has 1 N–H and O–H groups in total. The zero-order chi connectivity index (χ0) is 12.7. The third-order valence-corrected chi connectivity index (χ3v) is 3.33. The molecule has 1 aliphatic heterocycles. The fourth-order valence-electron chi connectivity index (χ4n) is 1.98. The molecule has 17 heavy (non-hydrogen) atoms. The van der Waals surface area contributed by atoms with Gasteiger partial charge in [-0.25, -0.2) is 0 Å². The minimum atomic E-state index is 0.429. The Balaban J connectivity index is 2.49. The van der Waals surface area contributed by atoms with Crippen LogP contribution < -0.4 is 5.32 Å². The monoisotopic (exact) mass is 242 g/mol. The summed E-state index contributed by atoms with van der Waals surface area (Å²) in [6, 6.07) is 0.429. The maximum absolute atomic E-state index is 5.24. The first-order valence-electron chi connectivity index (χ1n) is 6.29. The minimum absolute atomic E-state index is 0.429. The van der Waals surface area contributed by atoms with Crippen molar-refractivity contribution in [2.24, 2.45) is 0 Å². The Bertz CT molecular complexity index is 248. The van der Waals surface area contributed by atoms with E-state index in [4.69, 9.17) is 9.47 Å². The lowest BCUT2D eigenvalue weighted by molar-refractivity contribution is 0.0807. The summed E-state index contributed by atoms with van der Waals surface area (Å²) in [6.45, 7) is 10.1. The summed E-state index contributed by atoms with van der Waals surface area (Å²) in [4.78, 5) is 2.42. The van der Waals surface area contributed by atoms with Crippen LogP contribution in [0.3, 0.4) is 0 Å². The van der Waals surface area contributed by atoms with Crippen molar-refractivity contribution in [3.8, 4) is 0 Å². The molecule has 0 spiro atoms. The van der Waals surface area contributed by atoms with Gasteiger partial charge in [-0.05, 0) is 19.4 Å². The topological polar surface area (TPSA) is 33.7 Å². The number of ether oxygens (including phenoxy) is 2. The highest BCUT2D eigenvalue weighted by molar-refractivity contribution is 5.22. The van der Waals surface area contributed by atoms with Gasteiger partial charge in [-0.15, -0.1) is 0 Å². The summed E-state index contributed by atoms with van der Waals surface area (Å²) in [5.41, 5.74) is 3.04. The van der Waals surface area contributed by atoms with Crippen molar-refractivity contribution in [1.82, 2.24) is 10.2 Å². The molecular formula is C13H26N2O2. The predicted octanol–water partition coefficient (Wildman–Crippen LogP) is 0.889. The van der Waals surface area contributed by atoms with E-state index in [1.807, 2.05) is 0 Å². The lowest BCUT2D eigenvalue weighted by Gasteiger charge is -2.31. The number of rotatable bonds is 8. The number of nitrogens with one attached hydrogen (secondary N) is 1. The van der Waals surface area contributed by atoms with Crippen LogP contribution >= 0.6 is 0 Å². The van der Waals surface area contributed by atoms with Gasteiger partial charge in [0.05, 0.1) is 13.2 Å². The lowest BCUT2D eigenvalue weighted by Crippen LogP contribution is -2.41. The van der Waals surface area contributed by atoms with Gasteiger partial charge in [-0.1, -0.05) is 5.57 Å². The quantitative estimate of drug-likeness (QED) is 0.641. The highest BCUT2D eigenvalue weighted by Crippen LogP contribution is 2.12. The van der Waals surface area contributed by atoms with E-state index < -0.39 is 0 Å². The fourth-order valence-corrected chi connectivity index (χ4v) is 1.98. The summed E-state index contributed by atoms with van der Waals surface area (Å²) >= 11 is 0. The predicted molar refractivity (Wildman–Crippen MR) is 70.4 cm³/mol. The molecule has 1 unspecified atom stereocenters. The average molecular weight is 242 g/mol. The second-order valence-electron chi connectivity index (χ2n) is 4.76. The largest absolute Gasteiger partial charge is 0.383 e. The molecule has 0 bridgehead atoms. The highest BCUT2D eigenvalue weighted by Gasteiger charge is 2.17. The van der Waals surface area contributed by atoms with E-state index >= 15 is 0 Å². The normalized spacial score (nSPS) is 17.1. The van der Waals surface area contributed by atoms with Gasteiger partial charge in [0.25, 0.3) is 0 Å². The number of hydrogen-bond donors (Lipinski definition) is 1. The molecule has 1 rings (SSSR count). The summed E-state index contributed by atoms with van der Waals surface area (Å²) in [5.74, 6) is 0. The van der Waals surface area contributed by atoms with E-state index in [1.165, 1.54) is 5.57 Å². The van der Waals surface area contributed by atoms with Crippen molar-refractivity contribution in [1.29, 1.82) is 0 Å². The SMILES string of the molecule is COCCN(CC(C)=C1CNC1)C(C)COC. The van der Waals surface area contributed by atoms with Crippen LogP contribution in [-0.4, -0.2) is 64.6 Å². The Kier molecular flexibility index (Phi) is 6.73. The van der Waals surface area contributed by atoms with Crippen LogP contribution in [0.1, 0.15) is 13.8 Å². The molecule has 0 aromatic carbocycles. The third-order valence-electron chi connectivity index (χ3n) is 3.33. The first-order chi connectivity index (χ1) is 8.19. The standard InChI is InChI=1S/C13H26N2O2/c1-11(13-7-14-8-13)9-15(5-6-16-3)12(2)10-17-4/h12,14H,5-10H2,1-4H3. The van der Waals surface area contributed by atoms with Crippen LogP contribution in [0.2, 0.25) is 0 Å². The first-order valence-corrected chi connectivity index (χ1v) is 6.29. The molecule has 1 fully saturated rings. The van der Waals surface area contributed by atoms with Gasteiger partial charge >= 0.3 is 0 Å². The van der Waals surface area contributed by atoms with Crippen molar-refractivity contribution in [2.45, 2.75) is 19.9 Å². The molecule has 1 aliphatic rings. The van der Waals surface area contributed by atoms with E-state index in [0.717, 1.165) is 39.4 Å². The average Bonchev–Trinajstić information content (AvgIpc) is 2.21. The van der Waals surface area contributed by atoms with E-state index in [9.17, 15) is 0 Å². The van der Waals surface area contributed by atoms with Crippen molar-refractivity contribution in [3.05, 3.63) is 11.1 Å². The fraction of sp³-hybridized carbons (Fsp3) is 0.846. The van der Waals surface area contributed by atoms with Crippen LogP contribution in [0, 0.1) is 0 Å². The zero-order valence-electron chi connectivity index (χ0n) is 11.6. The second kappa shape index (κ2) is 7.82. The summed E-state index contributed by atoms with van der Waals surface area (Å²) in [6.07, 6.45) is 0. The van der Waals surface area contributed by atoms with Gasteiger partial charge < -0.3 is 14.8 Å². The molecule has 4 nitrogen and oxygen atoms in total. The minimum Gasteiger partial charge on any atom is -0.383 e. The molecule has 1 saturated heterocycles.